The van der Waals surface area contributed by atoms with E-state index in [-0.39, 0.29) is 10.8 Å². The summed E-state index contributed by atoms with van der Waals surface area (Å²) in [5.41, 5.74) is 0. The molecule has 126 valence electrons. The lowest BCUT2D eigenvalue weighted by Crippen LogP contribution is -2.29. The molecule has 1 N–H and O–H groups in total. The molecule has 0 saturated heterocycles. The number of para-hydroxylation sites is 1. The Morgan fingerprint density at radius 1 is 1.25 bits per heavy atom. The monoisotopic (exact) mass is 368 g/mol. The van der Waals surface area contributed by atoms with Gasteiger partial charge in [0.15, 0.2) is 18.5 Å². The molecule has 0 spiro atoms. The minimum Gasteiger partial charge on any atom is -0.479 e. The minimum atomic E-state index is -0.850. The number of hydrogen-bond acceptors (Lipinski definition) is 5. The number of amides is 1. The van der Waals surface area contributed by atoms with Gasteiger partial charge in [-0.2, -0.15) is 0 Å². The van der Waals surface area contributed by atoms with Crippen molar-refractivity contribution in [2.45, 2.75) is 13.0 Å². The maximum absolute atomic E-state index is 11.8. The molecule has 2 rings (SSSR count). The fourth-order valence-electron chi connectivity index (χ4n) is 1.68. The topological polar surface area (TPSA) is 77.5 Å². The summed E-state index contributed by atoms with van der Waals surface area (Å²) >= 11 is 11.6. The standard InChI is InChI=1S/C16H14Cl2N2O4/c1-10(24-12-5-3-2-4-6-12)16(22)23-9-14(21)20-15-13(18)7-11(17)8-19-15/h2-8,10H,9H2,1H3,(H,19,20,21)/t10-/m1/s1. The largest absolute Gasteiger partial charge is 0.479 e. The van der Waals surface area contributed by atoms with Crippen molar-refractivity contribution in [2.24, 2.45) is 0 Å². The Balaban J connectivity index is 1.81. The van der Waals surface area contributed by atoms with Crippen molar-refractivity contribution in [1.82, 2.24) is 4.98 Å². The normalized spacial score (nSPS) is 11.5. The summed E-state index contributed by atoms with van der Waals surface area (Å²) in [6.45, 7) is 1.05. The lowest BCUT2D eigenvalue weighted by molar-refractivity contribution is -0.153. The second-order valence-corrected chi connectivity index (χ2v) is 5.56. The summed E-state index contributed by atoms with van der Waals surface area (Å²) in [5.74, 6) is -0.574. The summed E-state index contributed by atoms with van der Waals surface area (Å²) in [7, 11) is 0. The van der Waals surface area contributed by atoms with E-state index >= 15 is 0 Å². The van der Waals surface area contributed by atoms with Crippen LogP contribution in [0.25, 0.3) is 0 Å². The summed E-state index contributed by atoms with van der Waals surface area (Å²) in [6, 6.07) is 10.3. The highest BCUT2D eigenvalue weighted by Gasteiger charge is 2.18. The lowest BCUT2D eigenvalue weighted by atomic mass is 10.3. The molecule has 2 aromatic rings. The second-order valence-electron chi connectivity index (χ2n) is 4.71. The number of ether oxygens (including phenoxy) is 2. The van der Waals surface area contributed by atoms with Crippen LogP contribution in [0.3, 0.4) is 0 Å². The fraction of sp³-hybridized carbons (Fsp3) is 0.188. The third-order valence-corrected chi connectivity index (χ3v) is 3.29. The van der Waals surface area contributed by atoms with Crippen LogP contribution in [0.2, 0.25) is 10.0 Å². The summed E-state index contributed by atoms with van der Waals surface area (Å²) in [4.78, 5) is 27.5. The molecule has 0 aliphatic heterocycles. The summed E-state index contributed by atoms with van der Waals surface area (Å²) in [5, 5.41) is 2.95. The quantitative estimate of drug-likeness (QED) is 0.791. The van der Waals surface area contributed by atoms with Gasteiger partial charge < -0.3 is 14.8 Å². The highest BCUT2D eigenvalue weighted by atomic mass is 35.5. The fourth-order valence-corrected chi connectivity index (χ4v) is 2.11. The van der Waals surface area contributed by atoms with Crippen molar-refractivity contribution < 1.29 is 19.1 Å². The van der Waals surface area contributed by atoms with E-state index in [2.05, 4.69) is 10.3 Å². The van der Waals surface area contributed by atoms with Crippen LogP contribution in [0.4, 0.5) is 5.82 Å². The van der Waals surface area contributed by atoms with Gasteiger partial charge in [-0.15, -0.1) is 0 Å². The molecule has 0 bridgehead atoms. The van der Waals surface area contributed by atoms with E-state index in [0.29, 0.717) is 10.8 Å². The van der Waals surface area contributed by atoms with Crippen LogP contribution in [0.15, 0.2) is 42.6 Å². The number of halogens is 2. The molecule has 1 amide bonds. The number of aromatic nitrogens is 1. The lowest BCUT2D eigenvalue weighted by Gasteiger charge is -2.13. The zero-order valence-electron chi connectivity index (χ0n) is 12.7. The Morgan fingerprint density at radius 3 is 2.62 bits per heavy atom. The van der Waals surface area contributed by atoms with Gasteiger partial charge >= 0.3 is 5.97 Å². The number of hydrogen-bond donors (Lipinski definition) is 1. The molecule has 1 atom stereocenters. The van der Waals surface area contributed by atoms with Crippen LogP contribution in [0, 0.1) is 0 Å². The van der Waals surface area contributed by atoms with E-state index in [1.807, 2.05) is 6.07 Å². The van der Waals surface area contributed by atoms with E-state index in [1.54, 1.807) is 24.3 Å². The van der Waals surface area contributed by atoms with Gasteiger partial charge in [0.05, 0.1) is 10.0 Å². The van der Waals surface area contributed by atoms with Gasteiger partial charge in [0.1, 0.15) is 5.75 Å². The van der Waals surface area contributed by atoms with E-state index in [1.165, 1.54) is 19.2 Å². The van der Waals surface area contributed by atoms with Crippen molar-refractivity contribution in [3.05, 3.63) is 52.6 Å². The van der Waals surface area contributed by atoms with Gasteiger partial charge in [-0.05, 0) is 25.1 Å². The first-order valence-corrected chi connectivity index (χ1v) is 7.70. The van der Waals surface area contributed by atoms with Crippen LogP contribution in [0.5, 0.6) is 5.75 Å². The predicted molar refractivity (Wildman–Crippen MR) is 90.4 cm³/mol. The Kier molecular flexibility index (Phi) is 6.40. The van der Waals surface area contributed by atoms with Gasteiger partial charge in [-0.1, -0.05) is 41.4 Å². The van der Waals surface area contributed by atoms with Crippen molar-refractivity contribution in [3.63, 3.8) is 0 Å². The number of nitrogens with zero attached hydrogens (tertiary/aromatic N) is 1. The van der Waals surface area contributed by atoms with Crippen LogP contribution < -0.4 is 10.1 Å². The van der Waals surface area contributed by atoms with E-state index < -0.39 is 24.6 Å². The molecule has 0 unspecified atom stereocenters. The third-order valence-electron chi connectivity index (χ3n) is 2.80. The van der Waals surface area contributed by atoms with Crippen LogP contribution in [0.1, 0.15) is 6.92 Å². The van der Waals surface area contributed by atoms with Crippen molar-refractivity contribution in [1.29, 1.82) is 0 Å². The molecule has 0 aliphatic carbocycles. The first-order chi connectivity index (χ1) is 11.5. The van der Waals surface area contributed by atoms with E-state index in [9.17, 15) is 9.59 Å². The second kappa shape index (κ2) is 8.52. The minimum absolute atomic E-state index is 0.135. The van der Waals surface area contributed by atoms with Crippen molar-refractivity contribution in [2.75, 3.05) is 11.9 Å². The molecule has 6 nitrogen and oxygen atoms in total. The molecule has 24 heavy (non-hydrogen) atoms. The first-order valence-electron chi connectivity index (χ1n) is 6.95. The number of esters is 1. The summed E-state index contributed by atoms with van der Waals surface area (Å²) < 4.78 is 10.3. The zero-order chi connectivity index (χ0) is 17.5. The number of anilines is 1. The van der Waals surface area contributed by atoms with Crippen LogP contribution in [-0.4, -0.2) is 29.6 Å². The molecule has 0 radical (unpaired) electrons. The highest BCUT2D eigenvalue weighted by molar-refractivity contribution is 6.36. The Bertz CT molecular complexity index is 725. The maximum Gasteiger partial charge on any atom is 0.347 e. The Hall–Kier alpha value is -2.31. The number of nitrogens with one attached hydrogen (secondary N) is 1. The predicted octanol–water partition coefficient (Wildman–Crippen LogP) is 3.34. The average molecular weight is 369 g/mol. The van der Waals surface area contributed by atoms with Gasteiger partial charge in [0.25, 0.3) is 5.91 Å². The molecule has 8 heteroatoms. The van der Waals surface area contributed by atoms with Crippen LogP contribution >= 0.6 is 23.2 Å². The molecule has 0 aliphatic rings. The van der Waals surface area contributed by atoms with Gasteiger partial charge in [0.2, 0.25) is 0 Å². The van der Waals surface area contributed by atoms with Crippen LogP contribution in [-0.2, 0) is 14.3 Å². The van der Waals surface area contributed by atoms with E-state index in [0.717, 1.165) is 0 Å². The molecular formula is C16H14Cl2N2O4. The van der Waals surface area contributed by atoms with Gasteiger partial charge in [-0.3, -0.25) is 4.79 Å². The zero-order valence-corrected chi connectivity index (χ0v) is 14.2. The molecule has 0 fully saturated rings. The summed E-state index contributed by atoms with van der Waals surface area (Å²) in [6.07, 6.45) is 0.489. The van der Waals surface area contributed by atoms with Crippen molar-refractivity contribution >= 4 is 40.9 Å². The maximum atomic E-state index is 11.8. The Morgan fingerprint density at radius 2 is 1.96 bits per heavy atom. The number of carbonyl (C=O) groups excluding carboxylic acids is 2. The number of benzene rings is 1. The molecular weight excluding hydrogens is 355 g/mol. The third kappa shape index (κ3) is 5.40. The molecule has 1 heterocycles. The van der Waals surface area contributed by atoms with E-state index in [4.69, 9.17) is 32.7 Å². The Labute approximate surface area is 148 Å². The number of pyridine rings is 1. The molecule has 0 saturated carbocycles. The van der Waals surface area contributed by atoms with Crippen molar-refractivity contribution in [3.8, 4) is 5.75 Å². The molecule has 1 aromatic heterocycles. The smallest absolute Gasteiger partial charge is 0.347 e. The average Bonchev–Trinajstić information content (AvgIpc) is 2.56. The highest BCUT2D eigenvalue weighted by Crippen LogP contribution is 2.22. The SMILES string of the molecule is C[C@@H](Oc1ccccc1)C(=O)OCC(=O)Nc1ncc(Cl)cc1Cl. The van der Waals surface area contributed by atoms with Gasteiger partial charge in [0, 0.05) is 6.20 Å². The molecule has 1 aromatic carbocycles. The first kappa shape index (κ1) is 18.0. The van der Waals surface area contributed by atoms with Gasteiger partial charge in [-0.25, -0.2) is 9.78 Å². The number of carbonyl (C=O) groups is 2. The number of rotatable bonds is 6.